The smallest absolute Gasteiger partial charge is 0.415 e. The van der Waals surface area contributed by atoms with Gasteiger partial charge < -0.3 is 33.5 Å². The van der Waals surface area contributed by atoms with Gasteiger partial charge in [-0.25, -0.2) is 47.9 Å². The van der Waals surface area contributed by atoms with Crippen LogP contribution in [0.3, 0.4) is 0 Å². The van der Waals surface area contributed by atoms with Crippen LogP contribution in [-0.2, 0) is 14.2 Å². The summed E-state index contributed by atoms with van der Waals surface area (Å²) in [6.07, 6.45) is 3.74. The molecule has 71 heavy (non-hydrogen) atoms. The lowest BCUT2D eigenvalue weighted by Gasteiger charge is -2.37. The van der Waals surface area contributed by atoms with Crippen LogP contribution in [0, 0.1) is 62.5 Å². The highest BCUT2D eigenvalue weighted by atomic mass is 16.6. The largest absolute Gasteiger partial charge is 0.459 e. The molecule has 5 heterocycles. The SMILES string of the molecule is [C-]#[N+]c1c(C(=O)OC2C(C)CC(C)CC2C)c2nc(-c3ccccc3C)[nH]n2c1OC(=O)N(CCC)CCC.[C-]#[N+]c1c(C(=O)OC2C(C)CC(C)CC2C)c2nc(C)[nH]n2c1OC(=O)N1CCOCC1. The summed E-state index contributed by atoms with van der Waals surface area (Å²) < 4.78 is 31.5. The van der Waals surface area contributed by atoms with Gasteiger partial charge in [0.05, 0.1) is 26.4 Å². The summed E-state index contributed by atoms with van der Waals surface area (Å²) in [5.41, 5.74) is 2.11. The summed E-state index contributed by atoms with van der Waals surface area (Å²) in [6, 6.07) is 7.73. The fourth-order valence-electron chi connectivity index (χ4n) is 10.9. The number of rotatable bonds is 11. The van der Waals surface area contributed by atoms with Crippen molar-refractivity contribution in [2.75, 3.05) is 39.4 Å². The lowest BCUT2D eigenvalue weighted by atomic mass is 9.75. The third-order valence-electron chi connectivity index (χ3n) is 13.9. The maximum Gasteiger partial charge on any atom is 0.415 e. The van der Waals surface area contributed by atoms with Gasteiger partial charge in [-0.15, -0.1) is 0 Å². The Kier molecular flexibility index (Phi) is 16.5. The highest BCUT2D eigenvalue weighted by Crippen LogP contribution is 2.43. The first-order valence-corrected chi connectivity index (χ1v) is 25.0. The Morgan fingerprint density at radius 1 is 0.718 bits per heavy atom. The minimum absolute atomic E-state index is 0.0134. The monoisotopic (exact) mass is 977 g/mol. The number of aryl methyl sites for hydroxylation is 2. The molecule has 3 fully saturated rings. The molecule has 2 N–H and O–H groups in total. The maximum absolute atomic E-state index is 13.7. The molecule has 380 valence electrons. The minimum atomic E-state index is -0.624. The zero-order valence-electron chi connectivity index (χ0n) is 42.7. The van der Waals surface area contributed by atoms with E-state index in [4.69, 9.17) is 41.8 Å². The molecule has 0 bridgehead atoms. The zero-order valence-corrected chi connectivity index (χ0v) is 42.7. The topological polar surface area (TPSA) is 196 Å². The van der Waals surface area contributed by atoms with E-state index in [1.807, 2.05) is 45.0 Å². The van der Waals surface area contributed by atoms with Crippen LogP contribution in [-0.4, -0.2) is 115 Å². The molecule has 0 radical (unpaired) electrons. The third kappa shape index (κ3) is 11.1. The van der Waals surface area contributed by atoms with Crippen molar-refractivity contribution >= 4 is 46.8 Å². The van der Waals surface area contributed by atoms with Gasteiger partial charge in [-0.3, -0.25) is 10.2 Å². The van der Waals surface area contributed by atoms with Crippen LogP contribution < -0.4 is 9.47 Å². The molecule has 2 aliphatic carbocycles. The van der Waals surface area contributed by atoms with Crippen LogP contribution in [0.25, 0.3) is 32.4 Å². The van der Waals surface area contributed by atoms with E-state index in [1.54, 1.807) is 11.8 Å². The van der Waals surface area contributed by atoms with E-state index in [0.717, 1.165) is 49.7 Å². The highest BCUT2D eigenvalue weighted by molar-refractivity contribution is 6.06. The number of carbonyl (C=O) groups excluding carboxylic acids is 4. The van der Waals surface area contributed by atoms with Gasteiger partial charge in [0.1, 0.15) is 29.2 Å². The molecule has 0 spiro atoms. The number of fused-ring (bicyclic) bond motifs is 2. The first-order chi connectivity index (χ1) is 34.0. The molecule has 19 nitrogen and oxygen atoms in total. The van der Waals surface area contributed by atoms with Gasteiger partial charge in [-0.2, -0.15) is 0 Å². The molecule has 4 unspecified atom stereocenters. The fraction of sp³-hybridized carbons (Fsp3) is 0.577. The number of nitrogens with zero attached hydrogens (tertiary/aromatic N) is 8. The summed E-state index contributed by atoms with van der Waals surface area (Å²) in [5.74, 6) is 1.61. The summed E-state index contributed by atoms with van der Waals surface area (Å²) >= 11 is 0. The predicted octanol–water partition coefficient (Wildman–Crippen LogP) is 10.6. The average molecular weight is 977 g/mol. The van der Waals surface area contributed by atoms with Crippen molar-refractivity contribution in [3.8, 4) is 23.1 Å². The minimum Gasteiger partial charge on any atom is -0.459 e. The van der Waals surface area contributed by atoms with Crippen molar-refractivity contribution in [2.45, 2.75) is 120 Å². The van der Waals surface area contributed by atoms with Crippen LogP contribution >= 0.6 is 0 Å². The van der Waals surface area contributed by atoms with E-state index in [2.05, 4.69) is 66.4 Å². The van der Waals surface area contributed by atoms with E-state index in [1.165, 1.54) is 13.9 Å². The van der Waals surface area contributed by atoms with Crippen LogP contribution in [0.1, 0.15) is 126 Å². The number of carbonyl (C=O) groups is 4. The molecule has 2 amide bonds. The summed E-state index contributed by atoms with van der Waals surface area (Å²) in [6.45, 7) is 38.8. The van der Waals surface area contributed by atoms with Crippen molar-refractivity contribution in [3.63, 3.8) is 0 Å². The molecule has 4 atom stereocenters. The third-order valence-corrected chi connectivity index (χ3v) is 13.9. The first-order valence-electron chi connectivity index (χ1n) is 25.0. The lowest BCUT2D eigenvalue weighted by molar-refractivity contribution is -0.0253. The number of hydrogen-bond donors (Lipinski definition) is 2. The highest BCUT2D eigenvalue weighted by Gasteiger charge is 2.40. The zero-order chi connectivity index (χ0) is 51.3. The number of aromatic nitrogens is 6. The number of esters is 2. The Morgan fingerprint density at radius 3 is 1.69 bits per heavy atom. The average Bonchev–Trinajstić information content (AvgIpc) is 4.07. The Bertz CT molecular complexity index is 2790. The van der Waals surface area contributed by atoms with Gasteiger partial charge in [0.15, 0.2) is 17.1 Å². The molecular weight excluding hydrogens is 909 g/mol. The number of nitrogens with one attached hydrogen (secondary N) is 2. The quantitative estimate of drug-likeness (QED) is 0.0944. The summed E-state index contributed by atoms with van der Waals surface area (Å²) in [4.78, 5) is 72.3. The second-order valence-corrected chi connectivity index (χ2v) is 19.9. The van der Waals surface area contributed by atoms with Gasteiger partial charge in [0.25, 0.3) is 11.4 Å². The number of benzene rings is 1. The molecule has 2 saturated carbocycles. The molecule has 19 heteroatoms. The Labute approximate surface area is 415 Å². The van der Waals surface area contributed by atoms with Crippen LogP contribution in [0.2, 0.25) is 0 Å². The van der Waals surface area contributed by atoms with Crippen molar-refractivity contribution in [1.29, 1.82) is 0 Å². The molecule has 5 aromatic rings. The number of aromatic amines is 2. The van der Waals surface area contributed by atoms with E-state index < -0.39 is 24.1 Å². The molecule has 8 rings (SSSR count). The van der Waals surface area contributed by atoms with Gasteiger partial charge in [-0.05, 0) is 93.4 Å². The summed E-state index contributed by atoms with van der Waals surface area (Å²) in [7, 11) is 0. The molecule has 4 aromatic heterocycles. The Morgan fingerprint density at radius 2 is 1.20 bits per heavy atom. The van der Waals surface area contributed by atoms with Gasteiger partial charge in [0.2, 0.25) is 11.8 Å². The number of ether oxygens (including phenoxy) is 5. The van der Waals surface area contributed by atoms with Crippen LogP contribution in [0.15, 0.2) is 24.3 Å². The van der Waals surface area contributed by atoms with Crippen molar-refractivity contribution < 1.29 is 42.9 Å². The van der Waals surface area contributed by atoms with Crippen molar-refractivity contribution in [2.24, 2.45) is 35.5 Å². The number of amides is 2. The van der Waals surface area contributed by atoms with Gasteiger partial charge in [-0.1, -0.05) is 79.7 Å². The molecule has 1 aliphatic heterocycles. The van der Waals surface area contributed by atoms with Crippen LogP contribution in [0.5, 0.6) is 11.8 Å². The normalized spacial score (nSPS) is 23.2. The molecular formula is C52H68N10O9. The summed E-state index contributed by atoms with van der Waals surface area (Å²) in [5, 5.41) is 6.11. The van der Waals surface area contributed by atoms with Gasteiger partial charge in [0, 0.05) is 31.7 Å². The van der Waals surface area contributed by atoms with E-state index in [-0.39, 0.29) is 81.4 Å². The second-order valence-electron chi connectivity index (χ2n) is 19.9. The number of hydrogen-bond acceptors (Lipinski definition) is 11. The standard InChI is InChI=1S/C30H39N5O4.C22H29N5O5/c1-8-14-34(15-9-2)30(37)39-28-24(31-7)23(29(36)38-25-20(5)16-18(3)17-21(25)6)27-32-26(33-35(27)28)22-13-11-10-12-19(22)4;1-12-10-13(2)18(14(3)11-12)31-21(28)16-17(23-5)20(27-19(16)24-15(4)25-27)32-22(29)26-6-8-30-9-7-26/h10-13,18,20-21,25H,8-9,14-17H2,1-6H3,(H,32,33);12-14,18H,6-11H2,1-4H3,(H,24,25). The lowest BCUT2D eigenvalue weighted by Crippen LogP contribution is -2.42. The number of H-pyrrole nitrogens is 2. The Balaban J connectivity index is 0.000000213. The number of morpholine rings is 1. The first kappa shape index (κ1) is 52.0. The molecule has 1 saturated heterocycles. The predicted molar refractivity (Wildman–Crippen MR) is 265 cm³/mol. The van der Waals surface area contributed by atoms with Gasteiger partial charge >= 0.3 is 24.1 Å². The van der Waals surface area contributed by atoms with Crippen LogP contribution in [0.4, 0.5) is 21.0 Å². The van der Waals surface area contributed by atoms with Crippen molar-refractivity contribution in [1.82, 2.24) is 39.0 Å². The Hall–Kier alpha value is -6.86. The second kappa shape index (κ2) is 22.5. The van der Waals surface area contributed by atoms with E-state index in [9.17, 15) is 19.2 Å². The maximum atomic E-state index is 13.7. The molecule has 1 aromatic carbocycles. The fourth-order valence-corrected chi connectivity index (χ4v) is 10.9. The van der Waals surface area contributed by atoms with E-state index >= 15 is 0 Å². The van der Waals surface area contributed by atoms with E-state index in [0.29, 0.717) is 62.9 Å². The van der Waals surface area contributed by atoms with Crippen molar-refractivity contribution in [3.05, 3.63) is 69.6 Å². The molecule has 3 aliphatic rings.